The van der Waals surface area contributed by atoms with Crippen LogP contribution in [0, 0.1) is 5.82 Å². The first-order valence-corrected chi connectivity index (χ1v) is 12.1. The highest BCUT2D eigenvalue weighted by Gasteiger charge is 2.33. The van der Waals surface area contributed by atoms with Gasteiger partial charge in [-0.05, 0) is 48.2 Å². The van der Waals surface area contributed by atoms with Gasteiger partial charge in [0.25, 0.3) is 0 Å². The molecule has 0 spiro atoms. The largest absolute Gasteiger partial charge is 0.416 e. The number of benzene rings is 2. The van der Waals surface area contributed by atoms with Crippen molar-refractivity contribution >= 4 is 23.2 Å². The number of aromatic nitrogens is 2. The minimum atomic E-state index is -4.41. The number of anilines is 3. The minimum Gasteiger partial charge on any atom is -0.363 e. The Hall–Kier alpha value is -3.89. The van der Waals surface area contributed by atoms with Gasteiger partial charge in [-0.3, -0.25) is 4.79 Å². The van der Waals surface area contributed by atoms with Crippen LogP contribution < -0.4 is 20.4 Å². The highest BCUT2D eigenvalue weighted by molar-refractivity contribution is 5.82. The van der Waals surface area contributed by atoms with Crippen molar-refractivity contribution in [1.29, 1.82) is 0 Å². The quantitative estimate of drug-likeness (QED) is 0.471. The maximum absolute atomic E-state index is 15.5. The number of nitrogens with zero attached hydrogens (tertiary/aromatic N) is 4. The maximum atomic E-state index is 15.5. The van der Waals surface area contributed by atoms with Crippen LogP contribution in [-0.2, 0) is 17.5 Å². The molecule has 11 heteroatoms. The maximum Gasteiger partial charge on any atom is 0.416 e. The van der Waals surface area contributed by atoms with Crippen molar-refractivity contribution < 1.29 is 22.4 Å². The van der Waals surface area contributed by atoms with Crippen LogP contribution in [0.2, 0.25) is 0 Å². The van der Waals surface area contributed by atoms with Gasteiger partial charge in [-0.15, -0.1) is 0 Å². The van der Waals surface area contributed by atoms with Crippen LogP contribution in [0.3, 0.4) is 0 Å². The number of piperazine rings is 1. The molecule has 1 atom stereocenters. The van der Waals surface area contributed by atoms with Crippen LogP contribution in [0.1, 0.15) is 35.6 Å². The fourth-order valence-electron chi connectivity index (χ4n) is 4.81. The molecule has 0 aliphatic carbocycles. The topological polar surface area (TPSA) is 73.4 Å². The van der Waals surface area contributed by atoms with E-state index >= 15 is 4.39 Å². The summed E-state index contributed by atoms with van der Waals surface area (Å²) >= 11 is 0. The first-order valence-electron chi connectivity index (χ1n) is 12.1. The molecule has 194 valence electrons. The van der Waals surface area contributed by atoms with E-state index in [0.717, 1.165) is 36.3 Å². The van der Waals surface area contributed by atoms with Gasteiger partial charge in [0.2, 0.25) is 11.7 Å². The third kappa shape index (κ3) is 5.45. The van der Waals surface area contributed by atoms with Crippen LogP contribution in [-0.4, -0.2) is 42.1 Å². The minimum absolute atomic E-state index is 0.00871. The lowest BCUT2D eigenvalue weighted by atomic mass is 10.0. The Kier molecular flexibility index (Phi) is 6.86. The standard InChI is InChI=1S/C26H26F4N6O/c27-23-24(32-14-17-3-9-20(10-4-17)35-13-11-31-22(37)15-35)33-16-34-25(23)36-12-1-2-21(36)18-5-7-19(8-6-18)26(28,29)30/h3-10,16,21H,1-2,11-15H2,(H,31,37)(H,32,33,34). The number of carbonyl (C=O) groups is 1. The van der Waals surface area contributed by atoms with E-state index in [1.807, 2.05) is 29.2 Å². The Balaban J connectivity index is 1.27. The molecule has 2 N–H and O–H groups in total. The third-order valence-corrected chi connectivity index (χ3v) is 6.72. The van der Waals surface area contributed by atoms with E-state index < -0.39 is 17.6 Å². The predicted octanol–water partition coefficient (Wildman–Crippen LogP) is 4.52. The summed E-state index contributed by atoms with van der Waals surface area (Å²) in [5.41, 5.74) is 1.82. The SMILES string of the molecule is O=C1CN(c2ccc(CNc3ncnc(N4CCCC4c4ccc(C(F)(F)F)cc4)c3F)cc2)CCN1. The fourth-order valence-corrected chi connectivity index (χ4v) is 4.81. The van der Waals surface area contributed by atoms with Crippen molar-refractivity contribution in [2.24, 2.45) is 0 Å². The van der Waals surface area contributed by atoms with Crippen molar-refractivity contribution in [3.8, 4) is 0 Å². The summed E-state index contributed by atoms with van der Waals surface area (Å²) in [5.74, 6) is -0.429. The summed E-state index contributed by atoms with van der Waals surface area (Å²) in [6.45, 7) is 2.53. The summed E-state index contributed by atoms with van der Waals surface area (Å²) in [4.78, 5) is 23.6. The molecule has 1 amide bonds. The number of amides is 1. The molecule has 0 saturated carbocycles. The monoisotopic (exact) mass is 514 g/mol. The molecule has 2 aliphatic rings. The van der Waals surface area contributed by atoms with Crippen molar-refractivity contribution in [2.75, 3.05) is 41.3 Å². The van der Waals surface area contributed by atoms with E-state index in [1.165, 1.54) is 18.5 Å². The van der Waals surface area contributed by atoms with Gasteiger partial charge in [0.15, 0.2) is 11.6 Å². The zero-order valence-electron chi connectivity index (χ0n) is 19.9. The molecule has 0 bridgehead atoms. The molecule has 5 rings (SSSR count). The molecule has 3 heterocycles. The molecule has 37 heavy (non-hydrogen) atoms. The number of nitrogens with one attached hydrogen (secondary N) is 2. The molecular formula is C26H26F4N6O. The van der Waals surface area contributed by atoms with Crippen LogP contribution >= 0.6 is 0 Å². The van der Waals surface area contributed by atoms with Gasteiger partial charge in [0.1, 0.15) is 6.33 Å². The second-order valence-corrected chi connectivity index (χ2v) is 9.12. The van der Waals surface area contributed by atoms with E-state index in [-0.39, 0.29) is 23.6 Å². The first kappa shape index (κ1) is 24.8. The number of carbonyl (C=O) groups excluding carboxylic acids is 1. The number of hydrogen-bond donors (Lipinski definition) is 2. The molecule has 2 saturated heterocycles. The number of hydrogen-bond acceptors (Lipinski definition) is 6. The average molecular weight is 515 g/mol. The van der Waals surface area contributed by atoms with Crippen LogP contribution in [0.5, 0.6) is 0 Å². The van der Waals surface area contributed by atoms with Gasteiger partial charge < -0.3 is 20.4 Å². The second kappa shape index (κ2) is 10.2. The Morgan fingerprint density at radius 3 is 2.49 bits per heavy atom. The van der Waals surface area contributed by atoms with E-state index in [2.05, 4.69) is 20.6 Å². The highest BCUT2D eigenvalue weighted by Crippen LogP contribution is 2.38. The zero-order valence-corrected chi connectivity index (χ0v) is 19.9. The van der Waals surface area contributed by atoms with Gasteiger partial charge in [0, 0.05) is 31.9 Å². The predicted molar refractivity (Wildman–Crippen MR) is 132 cm³/mol. The lowest BCUT2D eigenvalue weighted by molar-refractivity contribution is -0.137. The molecule has 2 fully saturated rings. The normalized spacial score (nSPS) is 18.2. The molecule has 2 aliphatic heterocycles. The Bertz CT molecular complexity index is 1250. The Morgan fingerprint density at radius 1 is 1.03 bits per heavy atom. The molecule has 0 radical (unpaired) electrons. The van der Waals surface area contributed by atoms with Gasteiger partial charge in [-0.1, -0.05) is 24.3 Å². The zero-order chi connectivity index (χ0) is 26.0. The Morgan fingerprint density at radius 2 is 1.78 bits per heavy atom. The lowest BCUT2D eigenvalue weighted by Crippen LogP contribution is -2.47. The van der Waals surface area contributed by atoms with Crippen molar-refractivity contribution in [2.45, 2.75) is 31.6 Å². The molecule has 1 aromatic heterocycles. The van der Waals surface area contributed by atoms with Crippen molar-refractivity contribution in [1.82, 2.24) is 15.3 Å². The number of alkyl halides is 3. The lowest BCUT2D eigenvalue weighted by Gasteiger charge is -2.28. The molecule has 7 nitrogen and oxygen atoms in total. The van der Waals surface area contributed by atoms with Crippen molar-refractivity contribution in [3.05, 3.63) is 77.4 Å². The summed E-state index contributed by atoms with van der Waals surface area (Å²) in [6.07, 6.45) is -1.67. The molecule has 2 aromatic carbocycles. The summed E-state index contributed by atoms with van der Waals surface area (Å²) in [5, 5.41) is 5.82. The second-order valence-electron chi connectivity index (χ2n) is 9.12. The van der Waals surface area contributed by atoms with E-state index in [9.17, 15) is 18.0 Å². The van der Waals surface area contributed by atoms with E-state index in [4.69, 9.17) is 0 Å². The highest BCUT2D eigenvalue weighted by atomic mass is 19.4. The van der Waals surface area contributed by atoms with Gasteiger partial charge >= 0.3 is 6.18 Å². The van der Waals surface area contributed by atoms with Crippen LogP contribution in [0.4, 0.5) is 34.9 Å². The van der Waals surface area contributed by atoms with E-state index in [0.29, 0.717) is 38.2 Å². The summed E-state index contributed by atoms with van der Waals surface area (Å²) in [7, 11) is 0. The first-order chi connectivity index (χ1) is 17.8. The number of halogens is 4. The third-order valence-electron chi connectivity index (χ3n) is 6.72. The van der Waals surface area contributed by atoms with Gasteiger partial charge in [0.05, 0.1) is 18.2 Å². The fraction of sp³-hybridized carbons (Fsp3) is 0.346. The smallest absolute Gasteiger partial charge is 0.363 e. The van der Waals surface area contributed by atoms with Crippen molar-refractivity contribution in [3.63, 3.8) is 0 Å². The van der Waals surface area contributed by atoms with Gasteiger partial charge in [-0.2, -0.15) is 17.6 Å². The summed E-state index contributed by atoms with van der Waals surface area (Å²) in [6, 6.07) is 12.4. The number of rotatable bonds is 6. The van der Waals surface area contributed by atoms with Gasteiger partial charge in [-0.25, -0.2) is 9.97 Å². The molecule has 3 aromatic rings. The summed E-state index contributed by atoms with van der Waals surface area (Å²) < 4.78 is 54.3. The van der Waals surface area contributed by atoms with Crippen LogP contribution in [0.25, 0.3) is 0 Å². The van der Waals surface area contributed by atoms with E-state index in [1.54, 1.807) is 4.90 Å². The Labute approximate surface area is 211 Å². The van der Waals surface area contributed by atoms with Crippen LogP contribution in [0.15, 0.2) is 54.9 Å². The molecule has 1 unspecified atom stereocenters. The average Bonchev–Trinajstić information content (AvgIpc) is 3.38. The molecular weight excluding hydrogens is 488 g/mol.